The molecule has 3 aromatic rings. The molecule has 1 amide bonds. The third kappa shape index (κ3) is 3.77. The maximum atomic E-state index is 12.5. The van der Waals surface area contributed by atoms with Crippen LogP contribution in [-0.2, 0) is 0 Å². The summed E-state index contributed by atoms with van der Waals surface area (Å²) in [5, 5.41) is 12.9. The normalized spacial score (nSPS) is 13.9. The third-order valence-corrected chi connectivity index (χ3v) is 5.75. The fraction of sp³-hybridized carbons (Fsp3) is 0.389. The van der Waals surface area contributed by atoms with Gasteiger partial charge in [0.05, 0.1) is 11.4 Å². The van der Waals surface area contributed by atoms with Crippen LogP contribution in [0.3, 0.4) is 0 Å². The molecule has 11 heteroatoms. The average molecular weight is 414 g/mol. The first-order valence-corrected chi connectivity index (χ1v) is 10.3. The first-order valence-electron chi connectivity index (χ1n) is 9.32. The summed E-state index contributed by atoms with van der Waals surface area (Å²) in [7, 11) is 0. The summed E-state index contributed by atoms with van der Waals surface area (Å²) in [4.78, 5) is 29.7. The smallest absolute Gasteiger partial charge is 0.271 e. The number of aromatic nitrogens is 6. The number of likely N-dealkylation sites (tertiary alicyclic amines) is 1. The van der Waals surface area contributed by atoms with Gasteiger partial charge in [-0.25, -0.2) is 9.36 Å². The Labute approximate surface area is 171 Å². The molecule has 0 saturated carbocycles. The molecule has 0 atom stereocenters. The summed E-state index contributed by atoms with van der Waals surface area (Å²) in [5.41, 5.74) is 2.63. The van der Waals surface area contributed by atoms with Gasteiger partial charge >= 0.3 is 0 Å². The van der Waals surface area contributed by atoms with Gasteiger partial charge in [-0.05, 0) is 38.8 Å². The minimum absolute atomic E-state index is 0.0644. The molecular formula is C18H22N8O2S. The second kappa shape index (κ2) is 7.74. The van der Waals surface area contributed by atoms with Crippen molar-refractivity contribution in [3.05, 3.63) is 41.0 Å². The standard InChI is InChI=1S/C18H22N8O2S/c1-11-7-12(2)26(23-11)17-21-22-18(25(17)19)29-10-15(27)13-8-14(20-9-13)16(28)24-5-3-4-6-24/h7-9,20H,3-6,10,19H2,1-2H3. The number of nitrogen functional groups attached to an aromatic ring is 1. The molecule has 0 radical (unpaired) electrons. The van der Waals surface area contributed by atoms with Gasteiger partial charge in [-0.3, -0.25) is 9.59 Å². The Morgan fingerprint density at radius 1 is 1.21 bits per heavy atom. The Bertz CT molecular complexity index is 1060. The van der Waals surface area contributed by atoms with Crippen molar-refractivity contribution >= 4 is 23.5 Å². The van der Waals surface area contributed by atoms with Crippen LogP contribution in [0.5, 0.6) is 0 Å². The highest BCUT2D eigenvalue weighted by Crippen LogP contribution is 2.20. The van der Waals surface area contributed by atoms with Crippen LogP contribution in [0.25, 0.3) is 5.95 Å². The molecule has 1 saturated heterocycles. The topological polar surface area (TPSA) is 128 Å². The highest BCUT2D eigenvalue weighted by molar-refractivity contribution is 7.99. The van der Waals surface area contributed by atoms with Crippen molar-refractivity contribution < 1.29 is 9.59 Å². The first-order chi connectivity index (χ1) is 13.9. The molecule has 1 fully saturated rings. The zero-order chi connectivity index (χ0) is 20.5. The zero-order valence-electron chi connectivity index (χ0n) is 16.3. The van der Waals surface area contributed by atoms with E-state index in [2.05, 4.69) is 20.3 Å². The fourth-order valence-corrected chi connectivity index (χ4v) is 4.07. The highest BCUT2D eigenvalue weighted by atomic mass is 32.2. The molecule has 0 aromatic carbocycles. The summed E-state index contributed by atoms with van der Waals surface area (Å²) in [6.07, 6.45) is 3.61. The summed E-state index contributed by atoms with van der Waals surface area (Å²) in [6.45, 7) is 5.31. The van der Waals surface area contributed by atoms with E-state index in [0.717, 1.165) is 37.3 Å². The minimum Gasteiger partial charge on any atom is -0.356 e. The van der Waals surface area contributed by atoms with Crippen molar-refractivity contribution in [2.75, 3.05) is 24.7 Å². The largest absolute Gasteiger partial charge is 0.356 e. The number of Topliss-reactive ketones (excluding diaryl/α,β-unsaturated/α-hetero) is 1. The number of H-pyrrole nitrogens is 1. The molecule has 1 aliphatic heterocycles. The Hall–Kier alpha value is -3.08. The van der Waals surface area contributed by atoms with Crippen molar-refractivity contribution in [1.82, 2.24) is 34.5 Å². The lowest BCUT2D eigenvalue weighted by molar-refractivity contribution is 0.0787. The third-order valence-electron chi connectivity index (χ3n) is 4.81. The van der Waals surface area contributed by atoms with E-state index >= 15 is 0 Å². The van der Waals surface area contributed by atoms with E-state index in [9.17, 15) is 9.59 Å². The van der Waals surface area contributed by atoms with E-state index in [1.807, 2.05) is 19.9 Å². The Morgan fingerprint density at radius 3 is 2.66 bits per heavy atom. The van der Waals surface area contributed by atoms with E-state index in [1.54, 1.807) is 21.8 Å². The number of carbonyl (C=O) groups excluding carboxylic acids is 2. The van der Waals surface area contributed by atoms with Crippen LogP contribution in [0.2, 0.25) is 0 Å². The maximum absolute atomic E-state index is 12.5. The lowest BCUT2D eigenvalue weighted by Gasteiger charge is -2.13. The van der Waals surface area contributed by atoms with Crippen molar-refractivity contribution in [2.24, 2.45) is 0 Å². The van der Waals surface area contributed by atoms with E-state index in [4.69, 9.17) is 5.84 Å². The molecule has 4 heterocycles. The van der Waals surface area contributed by atoms with Gasteiger partial charge in [0.2, 0.25) is 5.16 Å². The van der Waals surface area contributed by atoms with Crippen LogP contribution in [0.1, 0.15) is 45.1 Å². The number of thioether (sulfide) groups is 1. The molecule has 4 rings (SSSR count). The predicted molar refractivity (Wildman–Crippen MR) is 108 cm³/mol. The number of amides is 1. The second-order valence-corrected chi connectivity index (χ2v) is 7.95. The van der Waals surface area contributed by atoms with Crippen molar-refractivity contribution in [2.45, 2.75) is 31.8 Å². The monoisotopic (exact) mass is 414 g/mol. The van der Waals surface area contributed by atoms with Gasteiger partial charge in [0.15, 0.2) is 5.78 Å². The van der Waals surface area contributed by atoms with E-state index < -0.39 is 0 Å². The van der Waals surface area contributed by atoms with E-state index in [1.165, 1.54) is 16.4 Å². The zero-order valence-corrected chi connectivity index (χ0v) is 17.1. The average Bonchev–Trinajstić information content (AvgIpc) is 3.47. The number of nitrogens with one attached hydrogen (secondary N) is 1. The number of ketones is 1. The van der Waals surface area contributed by atoms with Crippen molar-refractivity contribution in [3.8, 4) is 5.95 Å². The second-order valence-electron chi connectivity index (χ2n) is 7.00. The molecule has 3 aromatic heterocycles. The number of carbonyl (C=O) groups is 2. The van der Waals surface area contributed by atoms with Crippen LogP contribution < -0.4 is 5.84 Å². The summed E-state index contributed by atoms with van der Waals surface area (Å²) in [5.74, 6) is 6.41. The van der Waals surface area contributed by atoms with Gasteiger partial charge in [0, 0.05) is 30.5 Å². The number of hydrogen-bond donors (Lipinski definition) is 2. The number of nitrogens with two attached hydrogens (primary N) is 1. The first kappa shape index (κ1) is 19.2. The number of aromatic amines is 1. The lowest BCUT2D eigenvalue weighted by Crippen LogP contribution is -2.27. The molecule has 1 aliphatic rings. The summed E-state index contributed by atoms with van der Waals surface area (Å²) < 4.78 is 2.92. The number of rotatable bonds is 6. The molecule has 0 aliphatic carbocycles. The molecule has 10 nitrogen and oxygen atoms in total. The molecule has 0 unspecified atom stereocenters. The molecule has 0 spiro atoms. The number of hydrogen-bond acceptors (Lipinski definition) is 7. The summed E-state index contributed by atoms with van der Waals surface area (Å²) in [6, 6.07) is 3.52. The van der Waals surface area contributed by atoms with Crippen LogP contribution >= 0.6 is 11.8 Å². The van der Waals surface area contributed by atoms with E-state index in [-0.39, 0.29) is 17.4 Å². The molecule has 29 heavy (non-hydrogen) atoms. The Morgan fingerprint density at radius 2 is 1.97 bits per heavy atom. The van der Waals surface area contributed by atoms with Gasteiger partial charge in [-0.2, -0.15) is 5.10 Å². The lowest BCUT2D eigenvalue weighted by atomic mass is 10.2. The van der Waals surface area contributed by atoms with Gasteiger partial charge in [-0.15, -0.1) is 10.2 Å². The highest BCUT2D eigenvalue weighted by Gasteiger charge is 2.22. The molecule has 152 valence electrons. The quantitative estimate of drug-likeness (QED) is 0.354. The molecular weight excluding hydrogens is 392 g/mol. The van der Waals surface area contributed by atoms with Crippen molar-refractivity contribution in [3.63, 3.8) is 0 Å². The van der Waals surface area contributed by atoms with Gasteiger partial charge in [0.25, 0.3) is 11.9 Å². The van der Waals surface area contributed by atoms with E-state index in [0.29, 0.717) is 22.4 Å². The van der Waals surface area contributed by atoms with Gasteiger partial charge < -0.3 is 15.7 Å². The van der Waals surface area contributed by atoms with Gasteiger partial charge in [-0.1, -0.05) is 11.8 Å². The molecule has 3 N–H and O–H groups in total. The van der Waals surface area contributed by atoms with Crippen LogP contribution in [0, 0.1) is 13.8 Å². The number of nitrogens with zero attached hydrogens (tertiary/aromatic N) is 6. The SMILES string of the molecule is Cc1cc(C)n(-c2nnc(SCC(=O)c3c[nH]c(C(=O)N4CCCC4)c3)n2N)n1. The number of aryl methyl sites for hydroxylation is 2. The van der Waals surface area contributed by atoms with Crippen LogP contribution in [-0.4, -0.2) is 65.1 Å². The minimum atomic E-state index is -0.123. The maximum Gasteiger partial charge on any atom is 0.271 e. The van der Waals surface area contributed by atoms with Gasteiger partial charge in [0.1, 0.15) is 5.69 Å². The predicted octanol–water partition coefficient (Wildman–Crippen LogP) is 1.33. The summed E-state index contributed by atoms with van der Waals surface area (Å²) >= 11 is 1.19. The van der Waals surface area contributed by atoms with Crippen LogP contribution in [0.4, 0.5) is 0 Å². The van der Waals surface area contributed by atoms with Crippen molar-refractivity contribution in [1.29, 1.82) is 0 Å². The fourth-order valence-electron chi connectivity index (χ4n) is 3.33. The van der Waals surface area contributed by atoms with Crippen LogP contribution in [0.15, 0.2) is 23.5 Å². The Balaban J connectivity index is 1.41. The Kier molecular flexibility index (Phi) is 5.14. The molecule has 0 bridgehead atoms.